The van der Waals surface area contributed by atoms with Crippen LogP contribution in [0.15, 0.2) is 30.5 Å². The van der Waals surface area contributed by atoms with E-state index in [1.165, 1.54) is 11.1 Å². The largest absolute Gasteiger partial charge is 0.481 e. The lowest BCUT2D eigenvalue weighted by atomic mass is 9.97. The van der Waals surface area contributed by atoms with Gasteiger partial charge in [0.2, 0.25) is 5.88 Å². The zero-order valence-corrected chi connectivity index (χ0v) is 14.4. The summed E-state index contributed by atoms with van der Waals surface area (Å²) in [6.45, 7) is 2.14. The van der Waals surface area contributed by atoms with Crippen LogP contribution < -0.4 is 4.74 Å². The summed E-state index contributed by atoms with van der Waals surface area (Å²) in [4.78, 5) is 20.2. The van der Waals surface area contributed by atoms with Gasteiger partial charge in [-0.3, -0.25) is 0 Å². The number of aromatic amines is 1. The summed E-state index contributed by atoms with van der Waals surface area (Å²) in [5.74, 6) is 0.149. The third kappa shape index (κ3) is 2.47. The summed E-state index contributed by atoms with van der Waals surface area (Å²) in [5.41, 5.74) is 5.71. The average Bonchev–Trinajstić information content (AvgIpc) is 3.25. The van der Waals surface area contributed by atoms with Crippen molar-refractivity contribution in [1.29, 1.82) is 0 Å². The Labute approximate surface area is 146 Å². The van der Waals surface area contributed by atoms with E-state index in [0.717, 1.165) is 41.3 Å². The molecule has 25 heavy (non-hydrogen) atoms. The minimum absolute atomic E-state index is 0.329. The molecule has 1 aliphatic carbocycles. The molecule has 0 aliphatic heterocycles. The molecule has 5 heteroatoms. The predicted molar refractivity (Wildman–Crippen MR) is 96.1 cm³/mol. The highest BCUT2D eigenvalue weighted by Crippen LogP contribution is 2.41. The first kappa shape index (κ1) is 15.7. The van der Waals surface area contributed by atoms with Gasteiger partial charge < -0.3 is 14.5 Å². The number of nitrogens with zero attached hydrogens (tertiary/aromatic N) is 1. The van der Waals surface area contributed by atoms with Crippen LogP contribution in [0.2, 0.25) is 0 Å². The topological polar surface area (TPSA) is 64.2 Å². The number of hydrogen-bond acceptors (Lipinski definition) is 4. The molecular formula is C20H20N2O3. The molecular weight excluding hydrogens is 316 g/mol. The molecule has 1 aliphatic rings. The second-order valence-corrected chi connectivity index (χ2v) is 6.14. The number of aryl methyl sites for hydroxylation is 2. The Morgan fingerprint density at radius 2 is 2.16 bits per heavy atom. The van der Waals surface area contributed by atoms with Crippen LogP contribution in [-0.2, 0) is 17.6 Å². The first-order valence-corrected chi connectivity index (χ1v) is 8.57. The highest BCUT2D eigenvalue weighted by atomic mass is 16.5. The number of ether oxygens (including phenoxy) is 2. The van der Waals surface area contributed by atoms with E-state index in [0.29, 0.717) is 18.2 Å². The fraction of sp³-hybridized carbons (Fsp3) is 0.300. The first-order chi connectivity index (χ1) is 12.2. The summed E-state index contributed by atoms with van der Waals surface area (Å²) in [7, 11) is 1.59. The van der Waals surface area contributed by atoms with Crippen molar-refractivity contribution in [2.75, 3.05) is 13.7 Å². The third-order valence-corrected chi connectivity index (χ3v) is 4.76. The normalized spacial score (nSPS) is 13.0. The lowest BCUT2D eigenvalue weighted by Crippen LogP contribution is -2.07. The molecule has 0 spiro atoms. The molecule has 1 N–H and O–H groups in total. The van der Waals surface area contributed by atoms with Crippen molar-refractivity contribution in [2.45, 2.75) is 26.2 Å². The number of H-pyrrole nitrogens is 1. The Balaban J connectivity index is 2.07. The zero-order valence-electron chi connectivity index (χ0n) is 14.4. The van der Waals surface area contributed by atoms with Crippen molar-refractivity contribution in [3.63, 3.8) is 0 Å². The second kappa shape index (κ2) is 6.24. The predicted octanol–water partition coefficient (Wildman–Crippen LogP) is 3.90. The number of hydrogen-bond donors (Lipinski definition) is 1. The Hall–Kier alpha value is -2.82. The van der Waals surface area contributed by atoms with E-state index < -0.39 is 0 Å². The van der Waals surface area contributed by atoms with E-state index in [9.17, 15) is 4.79 Å². The fourth-order valence-corrected chi connectivity index (χ4v) is 3.75. The first-order valence-electron chi connectivity index (χ1n) is 8.57. The van der Waals surface area contributed by atoms with Gasteiger partial charge in [0.25, 0.3) is 0 Å². The van der Waals surface area contributed by atoms with Gasteiger partial charge >= 0.3 is 5.97 Å². The molecule has 0 bridgehead atoms. The smallest absolute Gasteiger partial charge is 0.355 e. The van der Waals surface area contributed by atoms with Gasteiger partial charge in [0, 0.05) is 28.2 Å². The van der Waals surface area contributed by atoms with E-state index in [-0.39, 0.29) is 5.97 Å². The molecule has 2 heterocycles. The van der Waals surface area contributed by atoms with Crippen molar-refractivity contribution in [3.8, 4) is 17.0 Å². The molecule has 1 aromatic carbocycles. The van der Waals surface area contributed by atoms with Gasteiger partial charge in [0.15, 0.2) is 0 Å². The van der Waals surface area contributed by atoms with Crippen molar-refractivity contribution in [1.82, 2.24) is 9.97 Å². The average molecular weight is 336 g/mol. The molecule has 0 saturated heterocycles. The van der Waals surface area contributed by atoms with Crippen molar-refractivity contribution in [3.05, 3.63) is 47.3 Å². The lowest BCUT2D eigenvalue weighted by Gasteiger charge is -2.10. The van der Waals surface area contributed by atoms with Crippen molar-refractivity contribution >= 4 is 16.9 Å². The van der Waals surface area contributed by atoms with Gasteiger partial charge in [0.1, 0.15) is 5.69 Å². The molecule has 0 radical (unpaired) electrons. The Kier molecular flexibility index (Phi) is 3.92. The van der Waals surface area contributed by atoms with E-state index in [2.05, 4.69) is 22.1 Å². The minimum Gasteiger partial charge on any atom is -0.481 e. The van der Waals surface area contributed by atoms with Crippen LogP contribution in [0.3, 0.4) is 0 Å². The van der Waals surface area contributed by atoms with E-state index >= 15 is 0 Å². The molecule has 0 saturated carbocycles. The molecule has 5 nitrogen and oxygen atoms in total. The quantitative estimate of drug-likeness (QED) is 0.734. The maximum absolute atomic E-state index is 12.6. The zero-order chi connectivity index (χ0) is 17.4. The number of nitrogens with one attached hydrogen (secondary N) is 1. The van der Waals surface area contributed by atoms with E-state index in [4.69, 9.17) is 9.47 Å². The SMILES string of the molecule is CCOC(=O)c1[nH]c2ccc3c(c2c1-c1cccnc1OC)CCC3. The molecule has 4 rings (SSSR count). The van der Waals surface area contributed by atoms with Crippen LogP contribution in [0.4, 0.5) is 0 Å². The van der Waals surface area contributed by atoms with Gasteiger partial charge in [-0.2, -0.15) is 0 Å². The number of benzene rings is 1. The third-order valence-electron chi connectivity index (χ3n) is 4.76. The lowest BCUT2D eigenvalue weighted by molar-refractivity contribution is 0.0521. The molecule has 0 atom stereocenters. The molecule has 2 aromatic heterocycles. The van der Waals surface area contributed by atoms with Gasteiger partial charge in [0.05, 0.1) is 13.7 Å². The Morgan fingerprint density at radius 3 is 2.96 bits per heavy atom. The van der Waals surface area contributed by atoms with Crippen LogP contribution in [0.5, 0.6) is 5.88 Å². The molecule has 0 unspecified atom stereocenters. The summed E-state index contributed by atoms with van der Waals surface area (Å²) in [5, 5.41) is 1.09. The second-order valence-electron chi connectivity index (χ2n) is 6.14. The highest BCUT2D eigenvalue weighted by Gasteiger charge is 2.26. The van der Waals surface area contributed by atoms with Gasteiger partial charge in [-0.1, -0.05) is 6.07 Å². The van der Waals surface area contributed by atoms with Gasteiger partial charge in [-0.15, -0.1) is 0 Å². The summed E-state index contributed by atoms with van der Waals surface area (Å²) >= 11 is 0. The van der Waals surface area contributed by atoms with Crippen LogP contribution in [0, 0.1) is 0 Å². The van der Waals surface area contributed by atoms with Crippen LogP contribution in [0.25, 0.3) is 22.0 Å². The van der Waals surface area contributed by atoms with Crippen LogP contribution in [-0.4, -0.2) is 29.7 Å². The number of fused-ring (bicyclic) bond motifs is 3. The maximum Gasteiger partial charge on any atom is 0.355 e. The number of rotatable bonds is 4. The molecule has 3 aromatic rings. The minimum atomic E-state index is -0.355. The highest BCUT2D eigenvalue weighted by molar-refractivity contribution is 6.10. The Morgan fingerprint density at radius 1 is 1.28 bits per heavy atom. The molecule has 0 fully saturated rings. The summed E-state index contributed by atoms with van der Waals surface area (Å²) in [6, 6.07) is 8.00. The number of carbonyl (C=O) groups is 1. The fourth-order valence-electron chi connectivity index (χ4n) is 3.75. The van der Waals surface area contributed by atoms with Gasteiger partial charge in [-0.05, 0) is 55.5 Å². The van der Waals surface area contributed by atoms with Crippen LogP contribution in [0.1, 0.15) is 35.0 Å². The number of aromatic nitrogens is 2. The number of pyridine rings is 1. The van der Waals surface area contributed by atoms with E-state index in [1.54, 1.807) is 13.3 Å². The summed E-state index contributed by atoms with van der Waals surface area (Å²) in [6.07, 6.45) is 4.92. The number of carbonyl (C=O) groups excluding carboxylic acids is 1. The monoisotopic (exact) mass is 336 g/mol. The van der Waals surface area contributed by atoms with Gasteiger partial charge in [-0.25, -0.2) is 9.78 Å². The molecule has 0 amide bonds. The van der Waals surface area contributed by atoms with Crippen LogP contribution >= 0.6 is 0 Å². The Bertz CT molecular complexity index is 959. The van der Waals surface area contributed by atoms with Crippen molar-refractivity contribution in [2.24, 2.45) is 0 Å². The van der Waals surface area contributed by atoms with Crippen molar-refractivity contribution < 1.29 is 14.3 Å². The van der Waals surface area contributed by atoms with E-state index in [1.807, 2.05) is 19.1 Å². The standard InChI is InChI=1S/C20H20N2O3/c1-3-25-20(23)18-17(14-8-5-11-21-19(14)24-2)16-13-7-4-6-12(13)9-10-15(16)22-18/h5,8-11,22H,3-4,6-7H2,1-2H3. The number of esters is 1. The number of methoxy groups -OCH3 is 1. The molecule has 128 valence electrons. The summed E-state index contributed by atoms with van der Waals surface area (Å²) < 4.78 is 10.7. The maximum atomic E-state index is 12.6.